The Hall–Kier alpha value is -1.63. The third-order valence-corrected chi connectivity index (χ3v) is 5.77. The summed E-state index contributed by atoms with van der Waals surface area (Å²) in [4.78, 5) is 39.4. The van der Waals surface area contributed by atoms with Crippen LogP contribution in [0.4, 0.5) is 4.79 Å². The molecule has 1 heterocycles. The molecule has 1 saturated heterocycles. The van der Waals surface area contributed by atoms with E-state index in [-0.39, 0.29) is 31.7 Å². The molecule has 25 heavy (non-hydrogen) atoms. The number of urea groups is 1. The summed E-state index contributed by atoms with van der Waals surface area (Å²) in [6.45, 7) is 10.2. The average Bonchev–Trinajstić information content (AvgIpc) is 2.90. The van der Waals surface area contributed by atoms with E-state index in [2.05, 4.69) is 0 Å². The summed E-state index contributed by atoms with van der Waals surface area (Å²) in [7, 11) is 0. The van der Waals surface area contributed by atoms with Crippen molar-refractivity contribution < 1.29 is 24.2 Å². The zero-order valence-corrected chi connectivity index (χ0v) is 16.1. The zero-order valence-electron chi connectivity index (χ0n) is 16.1. The van der Waals surface area contributed by atoms with Gasteiger partial charge in [-0.2, -0.15) is 0 Å². The molecule has 144 valence electrons. The van der Waals surface area contributed by atoms with E-state index >= 15 is 0 Å². The zero-order chi connectivity index (χ0) is 19.3. The Kier molecular flexibility index (Phi) is 7.41. The Morgan fingerprint density at radius 1 is 1.04 bits per heavy atom. The Morgan fingerprint density at radius 2 is 1.60 bits per heavy atom. The number of carbonyl (C=O) groups excluding carboxylic acids is 2. The second-order valence-electron chi connectivity index (χ2n) is 6.74. The Morgan fingerprint density at radius 3 is 1.96 bits per heavy atom. The van der Waals surface area contributed by atoms with E-state index in [1.807, 2.05) is 34.6 Å². The van der Waals surface area contributed by atoms with Crippen molar-refractivity contribution in [2.24, 2.45) is 5.41 Å². The predicted octanol–water partition coefficient (Wildman–Crippen LogP) is 2.74. The van der Waals surface area contributed by atoms with Crippen molar-refractivity contribution in [3.05, 3.63) is 0 Å². The van der Waals surface area contributed by atoms with E-state index in [1.165, 1.54) is 9.80 Å². The van der Waals surface area contributed by atoms with Gasteiger partial charge in [-0.05, 0) is 32.6 Å². The summed E-state index contributed by atoms with van der Waals surface area (Å²) in [5.41, 5.74) is -1.66. The number of carbonyl (C=O) groups is 3. The maximum absolute atomic E-state index is 12.6. The maximum atomic E-state index is 12.6. The molecule has 0 aromatic rings. The number of amides is 3. The number of rotatable bonds is 11. The molecule has 1 fully saturated rings. The van der Waals surface area contributed by atoms with Gasteiger partial charge in [-0.25, -0.2) is 4.79 Å². The van der Waals surface area contributed by atoms with Crippen molar-refractivity contribution >= 4 is 17.9 Å². The molecule has 1 aliphatic heterocycles. The van der Waals surface area contributed by atoms with E-state index in [0.717, 1.165) is 0 Å². The second-order valence-corrected chi connectivity index (χ2v) is 6.74. The van der Waals surface area contributed by atoms with Crippen molar-refractivity contribution in [3.63, 3.8) is 0 Å². The molecular formula is C18H32N2O5. The van der Waals surface area contributed by atoms with Crippen molar-refractivity contribution in [1.82, 2.24) is 9.80 Å². The first-order valence-electron chi connectivity index (χ1n) is 9.20. The minimum Gasteiger partial charge on any atom is -0.481 e. The van der Waals surface area contributed by atoms with E-state index < -0.39 is 16.9 Å². The van der Waals surface area contributed by atoms with Gasteiger partial charge in [0, 0.05) is 6.54 Å². The fraction of sp³-hybridized carbons (Fsp3) is 0.833. The molecule has 0 bridgehead atoms. The largest absolute Gasteiger partial charge is 0.481 e. The topological polar surface area (TPSA) is 87.2 Å². The van der Waals surface area contributed by atoms with E-state index in [0.29, 0.717) is 32.2 Å². The Labute approximate surface area is 150 Å². The van der Waals surface area contributed by atoms with Gasteiger partial charge in [0.2, 0.25) is 0 Å². The summed E-state index contributed by atoms with van der Waals surface area (Å²) in [5.74, 6) is -1.09. The van der Waals surface area contributed by atoms with Crippen LogP contribution >= 0.6 is 0 Å². The SMILES string of the molecule is CCN1CC(=O)N(C(CC)(CC)COCC(CC)(CC)C(=O)O)C1=O. The van der Waals surface area contributed by atoms with E-state index in [1.54, 1.807) is 0 Å². The minimum atomic E-state index is -0.929. The molecule has 1 N–H and O–H groups in total. The van der Waals surface area contributed by atoms with Crippen LogP contribution in [0.3, 0.4) is 0 Å². The van der Waals surface area contributed by atoms with E-state index in [9.17, 15) is 19.5 Å². The first-order valence-corrected chi connectivity index (χ1v) is 9.20. The molecule has 0 aliphatic carbocycles. The van der Waals surface area contributed by atoms with Crippen LogP contribution in [0.25, 0.3) is 0 Å². The van der Waals surface area contributed by atoms with Crippen LogP contribution in [0.1, 0.15) is 60.3 Å². The van der Waals surface area contributed by atoms with E-state index in [4.69, 9.17) is 4.74 Å². The van der Waals surface area contributed by atoms with Gasteiger partial charge in [0.05, 0.1) is 24.2 Å². The molecule has 0 spiro atoms. The first kappa shape index (κ1) is 21.4. The molecule has 7 heteroatoms. The third kappa shape index (κ3) is 3.97. The lowest BCUT2D eigenvalue weighted by Crippen LogP contribution is -2.55. The Balaban J connectivity index is 2.95. The molecule has 1 rings (SSSR count). The number of imide groups is 1. The van der Waals surface area contributed by atoms with Crippen LogP contribution in [0.2, 0.25) is 0 Å². The van der Waals surface area contributed by atoms with Crippen molar-refractivity contribution in [2.75, 3.05) is 26.3 Å². The minimum absolute atomic E-state index is 0.0742. The number of hydrogen-bond donors (Lipinski definition) is 1. The summed E-state index contributed by atoms with van der Waals surface area (Å²) >= 11 is 0. The molecule has 0 aromatic heterocycles. The number of hydrogen-bond acceptors (Lipinski definition) is 4. The highest BCUT2D eigenvalue weighted by Crippen LogP contribution is 2.32. The number of carboxylic acid groups (broad SMARTS) is 1. The number of nitrogens with zero attached hydrogens (tertiary/aromatic N) is 2. The molecule has 1 aliphatic rings. The molecule has 0 atom stereocenters. The van der Waals surface area contributed by atoms with Gasteiger partial charge in [0.25, 0.3) is 5.91 Å². The highest BCUT2D eigenvalue weighted by Gasteiger charge is 2.48. The third-order valence-electron chi connectivity index (χ3n) is 5.77. The standard InChI is InChI=1S/C18H32N2O5/c1-6-17(7-2,15(22)23)12-25-13-18(8-3,9-4)20-14(21)11-19(10-5)16(20)24/h6-13H2,1-5H3,(H,22,23). The summed E-state index contributed by atoms with van der Waals surface area (Å²) < 4.78 is 5.82. The van der Waals surface area contributed by atoms with Gasteiger partial charge in [-0.1, -0.05) is 27.7 Å². The van der Waals surface area contributed by atoms with Crippen LogP contribution in [0, 0.1) is 5.41 Å². The Bertz CT molecular complexity index is 498. The molecule has 7 nitrogen and oxygen atoms in total. The normalized spacial score (nSPS) is 16.0. The first-order chi connectivity index (χ1) is 11.8. The highest BCUT2D eigenvalue weighted by atomic mass is 16.5. The summed E-state index contributed by atoms with van der Waals surface area (Å²) in [6, 6.07) is -0.282. The average molecular weight is 356 g/mol. The number of aliphatic carboxylic acids is 1. The summed E-state index contributed by atoms with van der Waals surface area (Å²) in [5, 5.41) is 9.52. The fourth-order valence-electron chi connectivity index (χ4n) is 3.35. The quantitative estimate of drug-likeness (QED) is 0.575. The lowest BCUT2D eigenvalue weighted by Gasteiger charge is -2.39. The predicted molar refractivity (Wildman–Crippen MR) is 94.3 cm³/mol. The summed E-state index contributed by atoms with van der Waals surface area (Å²) in [6.07, 6.45) is 2.07. The van der Waals surface area contributed by atoms with Gasteiger partial charge in [0.1, 0.15) is 6.54 Å². The number of likely N-dealkylation sites (N-methyl/N-ethyl adjacent to an activating group) is 1. The fourth-order valence-corrected chi connectivity index (χ4v) is 3.35. The van der Waals surface area contributed by atoms with Gasteiger partial charge in [-0.15, -0.1) is 0 Å². The molecule has 0 aromatic carbocycles. The lowest BCUT2D eigenvalue weighted by atomic mass is 9.83. The van der Waals surface area contributed by atoms with Crippen LogP contribution in [0.15, 0.2) is 0 Å². The van der Waals surface area contributed by atoms with Crippen LogP contribution in [0.5, 0.6) is 0 Å². The molecule has 0 unspecified atom stereocenters. The van der Waals surface area contributed by atoms with Gasteiger partial charge in [0.15, 0.2) is 0 Å². The molecule has 3 amide bonds. The second kappa shape index (κ2) is 8.65. The van der Waals surface area contributed by atoms with Crippen LogP contribution in [-0.4, -0.2) is 64.7 Å². The van der Waals surface area contributed by atoms with Gasteiger partial charge < -0.3 is 14.7 Å². The molecule has 0 saturated carbocycles. The molecular weight excluding hydrogens is 324 g/mol. The lowest BCUT2D eigenvalue weighted by molar-refractivity contribution is -0.155. The van der Waals surface area contributed by atoms with Crippen molar-refractivity contribution in [2.45, 2.75) is 65.8 Å². The highest BCUT2D eigenvalue weighted by molar-refractivity contribution is 6.02. The van der Waals surface area contributed by atoms with Crippen LogP contribution < -0.4 is 0 Å². The maximum Gasteiger partial charge on any atom is 0.327 e. The number of ether oxygens (including phenoxy) is 1. The number of carboxylic acids is 1. The van der Waals surface area contributed by atoms with Crippen molar-refractivity contribution in [1.29, 1.82) is 0 Å². The van der Waals surface area contributed by atoms with Gasteiger partial charge in [-0.3, -0.25) is 14.5 Å². The molecule has 0 radical (unpaired) electrons. The van der Waals surface area contributed by atoms with Gasteiger partial charge >= 0.3 is 12.0 Å². The smallest absolute Gasteiger partial charge is 0.327 e. The van der Waals surface area contributed by atoms with Crippen LogP contribution in [-0.2, 0) is 14.3 Å². The monoisotopic (exact) mass is 356 g/mol. The van der Waals surface area contributed by atoms with Crippen molar-refractivity contribution in [3.8, 4) is 0 Å².